The number of nitrogens with zero attached hydrogens (tertiary/aromatic N) is 5. The number of hydrogen-bond donors (Lipinski definition) is 2. The van der Waals surface area contributed by atoms with E-state index in [2.05, 4.69) is 20.7 Å². The van der Waals surface area contributed by atoms with Crippen molar-refractivity contribution in [2.45, 2.75) is 20.0 Å². The van der Waals surface area contributed by atoms with Crippen molar-refractivity contribution in [3.63, 3.8) is 0 Å². The molecule has 1 heterocycles. The molecule has 0 aliphatic carbocycles. The third-order valence-electron chi connectivity index (χ3n) is 3.21. The number of hydrogen-bond acceptors (Lipinski definition) is 7. The van der Waals surface area contributed by atoms with E-state index in [0.29, 0.717) is 18.1 Å². The number of benzene rings is 1. The number of urea groups is 1. The van der Waals surface area contributed by atoms with Crippen LogP contribution in [-0.2, 0) is 29.7 Å². The van der Waals surface area contributed by atoms with E-state index in [0.717, 1.165) is 5.56 Å². The number of nitrogen functional groups attached to an aromatic ring is 1. The molecular formula is C15H21N7O3. The van der Waals surface area contributed by atoms with Crippen LogP contribution in [0.4, 0.5) is 10.5 Å². The van der Waals surface area contributed by atoms with Crippen LogP contribution in [0.3, 0.4) is 0 Å². The van der Waals surface area contributed by atoms with Crippen LogP contribution < -0.4 is 11.1 Å². The first-order chi connectivity index (χ1) is 12.0. The molecule has 10 heteroatoms. The van der Waals surface area contributed by atoms with Gasteiger partial charge in [0.25, 0.3) is 0 Å². The average molecular weight is 347 g/mol. The van der Waals surface area contributed by atoms with Gasteiger partial charge in [0, 0.05) is 12.2 Å². The van der Waals surface area contributed by atoms with Crippen molar-refractivity contribution in [2.24, 2.45) is 7.05 Å². The van der Waals surface area contributed by atoms with Crippen LogP contribution in [-0.4, -0.2) is 50.3 Å². The number of nitrogens with two attached hydrogens (primary N) is 1. The predicted molar refractivity (Wildman–Crippen MR) is 88.9 cm³/mol. The first-order valence-electron chi connectivity index (χ1n) is 7.73. The molecule has 0 aliphatic rings. The zero-order valence-electron chi connectivity index (χ0n) is 14.2. The Morgan fingerprint density at radius 1 is 1.28 bits per heavy atom. The second kappa shape index (κ2) is 8.62. The minimum Gasteiger partial charge on any atom is -0.465 e. The van der Waals surface area contributed by atoms with Gasteiger partial charge in [0.2, 0.25) is 0 Å². The molecule has 0 atom stereocenters. The molecule has 0 spiro atoms. The molecule has 0 fully saturated rings. The highest BCUT2D eigenvalue weighted by molar-refractivity contribution is 5.80. The fourth-order valence-electron chi connectivity index (χ4n) is 2.07. The van der Waals surface area contributed by atoms with Crippen LogP contribution in [0.1, 0.15) is 18.3 Å². The number of tetrazole rings is 1. The molecule has 25 heavy (non-hydrogen) atoms. The summed E-state index contributed by atoms with van der Waals surface area (Å²) in [7, 11) is 1.64. The molecule has 0 radical (unpaired) electrons. The van der Waals surface area contributed by atoms with Crippen molar-refractivity contribution in [2.75, 3.05) is 18.9 Å². The number of carbonyl (C=O) groups excluding carboxylic acids is 2. The van der Waals surface area contributed by atoms with Gasteiger partial charge in [0.15, 0.2) is 5.82 Å². The highest BCUT2D eigenvalue weighted by Gasteiger charge is 2.18. The van der Waals surface area contributed by atoms with E-state index in [1.165, 1.54) is 9.70 Å². The van der Waals surface area contributed by atoms with E-state index >= 15 is 0 Å². The lowest BCUT2D eigenvalue weighted by atomic mass is 10.2. The van der Waals surface area contributed by atoms with E-state index in [9.17, 15) is 9.59 Å². The number of carbonyl (C=O) groups is 2. The van der Waals surface area contributed by atoms with E-state index < -0.39 is 12.0 Å². The fourth-order valence-corrected chi connectivity index (χ4v) is 2.07. The van der Waals surface area contributed by atoms with Crippen molar-refractivity contribution in [3.05, 3.63) is 35.7 Å². The predicted octanol–water partition coefficient (Wildman–Crippen LogP) is 0.0672. The molecular weight excluding hydrogens is 326 g/mol. The van der Waals surface area contributed by atoms with Gasteiger partial charge in [-0.15, -0.1) is 10.2 Å². The topological polar surface area (TPSA) is 128 Å². The molecule has 2 rings (SSSR count). The van der Waals surface area contributed by atoms with Crippen LogP contribution in [0, 0.1) is 0 Å². The Hall–Kier alpha value is -3.17. The van der Waals surface area contributed by atoms with Gasteiger partial charge in [-0.05, 0) is 29.8 Å². The molecule has 0 saturated carbocycles. The number of esters is 1. The van der Waals surface area contributed by atoms with Crippen LogP contribution in [0.15, 0.2) is 24.3 Å². The maximum atomic E-state index is 12.4. The van der Waals surface area contributed by atoms with Gasteiger partial charge >= 0.3 is 12.0 Å². The number of nitrogens with one attached hydrogen (secondary N) is 1. The number of aryl methyl sites for hydroxylation is 1. The van der Waals surface area contributed by atoms with Crippen LogP contribution >= 0.6 is 0 Å². The van der Waals surface area contributed by atoms with Crippen LogP contribution in [0.5, 0.6) is 0 Å². The lowest BCUT2D eigenvalue weighted by Crippen LogP contribution is -2.41. The molecule has 0 bridgehead atoms. The number of aromatic nitrogens is 4. The van der Waals surface area contributed by atoms with Gasteiger partial charge in [0.1, 0.15) is 6.54 Å². The second-order valence-electron chi connectivity index (χ2n) is 5.26. The van der Waals surface area contributed by atoms with E-state index in [1.54, 1.807) is 26.1 Å². The van der Waals surface area contributed by atoms with Gasteiger partial charge < -0.3 is 20.7 Å². The first-order valence-corrected chi connectivity index (χ1v) is 7.73. The third kappa shape index (κ3) is 5.75. The molecule has 0 saturated heterocycles. The van der Waals surface area contributed by atoms with Gasteiger partial charge in [0.05, 0.1) is 20.2 Å². The molecule has 0 aliphatic heterocycles. The minimum atomic E-state index is -0.499. The number of ether oxygens (including phenoxy) is 1. The standard InChI is InChI=1S/C15H21N7O3/c1-3-25-14(23)8-17-15(24)22(10-13-18-20-21(2)19-13)9-11-4-6-12(16)7-5-11/h4-7H,3,8-10,16H2,1-2H3,(H,17,24). The maximum absolute atomic E-state index is 12.4. The average Bonchev–Trinajstić information content (AvgIpc) is 2.99. The van der Waals surface area contributed by atoms with E-state index in [1.807, 2.05) is 12.1 Å². The smallest absolute Gasteiger partial charge is 0.325 e. The summed E-state index contributed by atoms with van der Waals surface area (Å²) in [6.07, 6.45) is 0. The third-order valence-corrected chi connectivity index (χ3v) is 3.21. The Morgan fingerprint density at radius 3 is 2.60 bits per heavy atom. The van der Waals surface area contributed by atoms with Crippen LogP contribution in [0.2, 0.25) is 0 Å². The quantitative estimate of drug-likeness (QED) is 0.535. The van der Waals surface area contributed by atoms with Crippen molar-refractivity contribution >= 4 is 17.7 Å². The Balaban J connectivity index is 2.06. The van der Waals surface area contributed by atoms with Crippen molar-refractivity contribution in [1.82, 2.24) is 30.4 Å². The summed E-state index contributed by atoms with van der Waals surface area (Å²) in [5, 5.41) is 14.2. The van der Waals surface area contributed by atoms with Gasteiger partial charge in [-0.3, -0.25) is 4.79 Å². The summed E-state index contributed by atoms with van der Waals surface area (Å²) in [6.45, 7) is 2.19. The maximum Gasteiger partial charge on any atom is 0.325 e. The molecule has 134 valence electrons. The SMILES string of the molecule is CCOC(=O)CNC(=O)N(Cc1ccc(N)cc1)Cc1nnn(C)n1. The van der Waals surface area contributed by atoms with Crippen molar-refractivity contribution < 1.29 is 14.3 Å². The monoisotopic (exact) mass is 347 g/mol. The van der Waals surface area contributed by atoms with E-state index in [4.69, 9.17) is 10.5 Å². The van der Waals surface area contributed by atoms with Gasteiger partial charge in [-0.1, -0.05) is 12.1 Å². The summed E-state index contributed by atoms with van der Waals surface area (Å²) < 4.78 is 4.80. The molecule has 2 aromatic rings. The number of amides is 2. The van der Waals surface area contributed by atoms with Crippen molar-refractivity contribution in [3.8, 4) is 0 Å². The summed E-state index contributed by atoms with van der Waals surface area (Å²) in [5.41, 5.74) is 7.19. The Kier molecular flexibility index (Phi) is 6.26. The van der Waals surface area contributed by atoms with Crippen molar-refractivity contribution in [1.29, 1.82) is 0 Å². The second-order valence-corrected chi connectivity index (χ2v) is 5.26. The Morgan fingerprint density at radius 2 is 2.00 bits per heavy atom. The highest BCUT2D eigenvalue weighted by atomic mass is 16.5. The molecule has 0 unspecified atom stereocenters. The Bertz CT molecular complexity index is 714. The van der Waals surface area contributed by atoms with E-state index in [-0.39, 0.29) is 19.7 Å². The fraction of sp³-hybridized carbons (Fsp3) is 0.400. The molecule has 10 nitrogen and oxygen atoms in total. The molecule has 1 aromatic carbocycles. The van der Waals surface area contributed by atoms with Gasteiger partial charge in [-0.25, -0.2) is 4.79 Å². The minimum absolute atomic E-state index is 0.146. The summed E-state index contributed by atoms with van der Waals surface area (Å²) in [6, 6.07) is 6.73. The first kappa shape index (κ1) is 18.2. The summed E-state index contributed by atoms with van der Waals surface area (Å²) in [5.74, 6) is -0.106. The number of rotatable bonds is 7. The lowest BCUT2D eigenvalue weighted by molar-refractivity contribution is -0.141. The molecule has 1 aromatic heterocycles. The molecule has 3 N–H and O–H groups in total. The van der Waals surface area contributed by atoms with Gasteiger partial charge in [-0.2, -0.15) is 4.80 Å². The summed E-state index contributed by atoms with van der Waals surface area (Å²) >= 11 is 0. The normalized spacial score (nSPS) is 10.3. The Labute approximate surface area is 144 Å². The largest absolute Gasteiger partial charge is 0.465 e. The molecule has 2 amide bonds. The number of anilines is 1. The lowest BCUT2D eigenvalue weighted by Gasteiger charge is -2.21. The zero-order chi connectivity index (χ0) is 18.2. The highest BCUT2D eigenvalue weighted by Crippen LogP contribution is 2.10. The summed E-state index contributed by atoms with van der Waals surface area (Å²) in [4.78, 5) is 26.6. The van der Waals surface area contributed by atoms with Crippen LogP contribution in [0.25, 0.3) is 0 Å². The zero-order valence-corrected chi connectivity index (χ0v) is 14.2.